The summed E-state index contributed by atoms with van der Waals surface area (Å²) in [6.45, 7) is 2.18. The Kier molecular flexibility index (Phi) is 3.05. The first kappa shape index (κ1) is 10.5. The molecule has 1 heterocycles. The van der Waals surface area contributed by atoms with Crippen LogP contribution in [0.2, 0.25) is 0 Å². The number of hydrogen-bond donors (Lipinski definition) is 0. The zero-order valence-electron chi connectivity index (χ0n) is 9.09. The van der Waals surface area contributed by atoms with Gasteiger partial charge in [0.25, 0.3) is 0 Å². The van der Waals surface area contributed by atoms with Crippen LogP contribution in [0.15, 0.2) is 48.8 Å². The van der Waals surface area contributed by atoms with Crippen LogP contribution in [0.25, 0.3) is 11.1 Å². The molecule has 3 heteroatoms. The first-order chi connectivity index (χ1) is 7.81. The topological polar surface area (TPSA) is 31.2 Å². The molecule has 0 unspecified atom stereocenters. The molecule has 0 N–H and O–H groups in total. The molecule has 0 fully saturated rings. The summed E-state index contributed by atoms with van der Waals surface area (Å²) in [5, 5.41) is 0. The van der Waals surface area contributed by atoms with E-state index in [-0.39, 0.29) is 6.09 Å². The van der Waals surface area contributed by atoms with Crippen molar-refractivity contribution in [3.05, 3.63) is 48.8 Å². The zero-order valence-corrected chi connectivity index (χ0v) is 9.09. The van der Waals surface area contributed by atoms with Gasteiger partial charge < -0.3 is 4.74 Å². The van der Waals surface area contributed by atoms with Crippen molar-refractivity contribution in [2.24, 2.45) is 0 Å². The van der Waals surface area contributed by atoms with Crippen LogP contribution in [0.4, 0.5) is 4.79 Å². The molecule has 2 rings (SSSR count). The van der Waals surface area contributed by atoms with Gasteiger partial charge in [-0.05, 0) is 24.1 Å². The molecule has 0 atom stereocenters. The molecule has 0 aliphatic carbocycles. The monoisotopic (exact) mass is 215 g/mol. The Morgan fingerprint density at radius 1 is 1.19 bits per heavy atom. The fourth-order valence-corrected chi connectivity index (χ4v) is 1.51. The fourth-order valence-electron chi connectivity index (χ4n) is 1.51. The van der Waals surface area contributed by atoms with Gasteiger partial charge in [0.15, 0.2) is 0 Å². The Morgan fingerprint density at radius 2 is 1.94 bits per heavy atom. The second-order valence-corrected chi connectivity index (χ2v) is 3.37. The molecule has 0 radical (unpaired) electrons. The van der Waals surface area contributed by atoms with Crippen LogP contribution < -0.4 is 0 Å². The predicted octanol–water partition coefficient (Wildman–Crippen LogP) is 3.16. The van der Waals surface area contributed by atoms with Gasteiger partial charge in [0.05, 0.1) is 6.61 Å². The Hall–Kier alpha value is -2.03. The molecule has 82 valence electrons. The maximum absolute atomic E-state index is 11.4. The molecule has 3 nitrogen and oxygen atoms in total. The Balaban J connectivity index is 2.23. The summed E-state index contributed by atoms with van der Waals surface area (Å²) in [5.41, 5.74) is 2.10. The van der Waals surface area contributed by atoms with E-state index in [1.807, 2.05) is 36.4 Å². The van der Waals surface area contributed by atoms with Crippen LogP contribution in [-0.2, 0) is 4.74 Å². The lowest BCUT2D eigenvalue weighted by Gasteiger charge is -2.01. The van der Waals surface area contributed by atoms with Crippen molar-refractivity contribution in [3.8, 4) is 11.1 Å². The molecule has 1 aromatic carbocycles. The summed E-state index contributed by atoms with van der Waals surface area (Å²) in [7, 11) is 0. The van der Waals surface area contributed by atoms with Crippen LogP contribution in [0.5, 0.6) is 0 Å². The zero-order chi connectivity index (χ0) is 11.4. The Bertz CT molecular complexity index is 474. The highest BCUT2D eigenvalue weighted by atomic mass is 16.5. The minimum absolute atomic E-state index is 0.343. The lowest BCUT2D eigenvalue weighted by atomic mass is 10.1. The standard InChI is InChI=1S/C13H13NO2/c1-2-16-13(15)14-9-8-12(10-14)11-6-4-3-5-7-11/h3-10H,2H2,1H3. The van der Waals surface area contributed by atoms with Gasteiger partial charge >= 0.3 is 6.09 Å². The van der Waals surface area contributed by atoms with Gasteiger partial charge in [0.2, 0.25) is 0 Å². The van der Waals surface area contributed by atoms with Gasteiger partial charge in [0, 0.05) is 12.4 Å². The van der Waals surface area contributed by atoms with Gasteiger partial charge in [-0.2, -0.15) is 0 Å². The van der Waals surface area contributed by atoms with Crippen molar-refractivity contribution in [1.29, 1.82) is 0 Å². The second kappa shape index (κ2) is 4.66. The first-order valence-corrected chi connectivity index (χ1v) is 5.22. The van der Waals surface area contributed by atoms with Crippen molar-refractivity contribution >= 4 is 6.09 Å². The maximum atomic E-state index is 11.4. The number of hydrogen-bond acceptors (Lipinski definition) is 2. The number of nitrogens with zero attached hydrogens (tertiary/aromatic N) is 1. The number of carbonyl (C=O) groups excluding carboxylic acids is 1. The van der Waals surface area contributed by atoms with Crippen LogP contribution in [-0.4, -0.2) is 17.3 Å². The number of benzene rings is 1. The maximum Gasteiger partial charge on any atom is 0.417 e. The molecule has 0 aliphatic rings. The minimum atomic E-state index is -0.343. The molecule has 0 saturated heterocycles. The van der Waals surface area contributed by atoms with Gasteiger partial charge in [-0.15, -0.1) is 0 Å². The minimum Gasteiger partial charge on any atom is -0.449 e. The lowest BCUT2D eigenvalue weighted by Crippen LogP contribution is -2.10. The molecule has 2 aromatic rings. The van der Waals surface area contributed by atoms with Crippen LogP contribution in [0, 0.1) is 0 Å². The molecule has 0 amide bonds. The summed E-state index contributed by atoms with van der Waals surface area (Å²) in [6.07, 6.45) is 3.14. The van der Waals surface area contributed by atoms with Crippen LogP contribution in [0.3, 0.4) is 0 Å². The number of aromatic nitrogens is 1. The van der Waals surface area contributed by atoms with E-state index in [4.69, 9.17) is 4.74 Å². The second-order valence-electron chi connectivity index (χ2n) is 3.37. The summed E-state index contributed by atoms with van der Waals surface area (Å²) in [6, 6.07) is 11.8. The van der Waals surface area contributed by atoms with Gasteiger partial charge in [-0.1, -0.05) is 30.3 Å². The quantitative estimate of drug-likeness (QED) is 0.770. The third-order valence-corrected chi connectivity index (χ3v) is 2.28. The van der Waals surface area contributed by atoms with E-state index in [9.17, 15) is 4.79 Å². The van der Waals surface area contributed by atoms with Crippen molar-refractivity contribution in [1.82, 2.24) is 4.57 Å². The molecule has 0 aliphatic heterocycles. The van der Waals surface area contributed by atoms with Crippen molar-refractivity contribution in [3.63, 3.8) is 0 Å². The van der Waals surface area contributed by atoms with Crippen LogP contribution in [0.1, 0.15) is 6.92 Å². The molecule has 0 saturated carbocycles. The Labute approximate surface area is 94.3 Å². The van der Waals surface area contributed by atoms with Gasteiger partial charge in [0.1, 0.15) is 0 Å². The third kappa shape index (κ3) is 2.14. The van der Waals surface area contributed by atoms with E-state index in [2.05, 4.69) is 0 Å². The average molecular weight is 215 g/mol. The SMILES string of the molecule is CCOC(=O)n1ccc(-c2ccccc2)c1. The van der Waals surface area contributed by atoms with Crippen molar-refractivity contribution < 1.29 is 9.53 Å². The highest BCUT2D eigenvalue weighted by Crippen LogP contribution is 2.18. The third-order valence-electron chi connectivity index (χ3n) is 2.28. The Morgan fingerprint density at radius 3 is 2.62 bits per heavy atom. The normalized spacial score (nSPS) is 10.1. The fraction of sp³-hybridized carbons (Fsp3) is 0.154. The highest BCUT2D eigenvalue weighted by molar-refractivity contribution is 5.74. The lowest BCUT2D eigenvalue weighted by molar-refractivity contribution is 0.154. The summed E-state index contributed by atoms with van der Waals surface area (Å²) in [5.74, 6) is 0. The largest absolute Gasteiger partial charge is 0.449 e. The molecule has 0 spiro atoms. The molecule has 1 aromatic heterocycles. The van der Waals surface area contributed by atoms with Gasteiger partial charge in [-0.3, -0.25) is 4.57 Å². The van der Waals surface area contributed by atoms with E-state index in [0.29, 0.717) is 6.61 Å². The van der Waals surface area contributed by atoms with Crippen molar-refractivity contribution in [2.45, 2.75) is 6.92 Å². The van der Waals surface area contributed by atoms with E-state index in [1.165, 1.54) is 4.57 Å². The van der Waals surface area contributed by atoms with Crippen LogP contribution >= 0.6 is 0 Å². The molecule has 0 bridgehead atoms. The number of rotatable bonds is 2. The summed E-state index contributed by atoms with van der Waals surface area (Å²) < 4.78 is 6.35. The van der Waals surface area contributed by atoms with E-state index in [0.717, 1.165) is 11.1 Å². The van der Waals surface area contributed by atoms with Gasteiger partial charge in [-0.25, -0.2) is 4.79 Å². The molecular formula is C13H13NO2. The summed E-state index contributed by atoms with van der Waals surface area (Å²) in [4.78, 5) is 11.4. The molecular weight excluding hydrogens is 202 g/mol. The number of ether oxygens (including phenoxy) is 1. The van der Waals surface area contributed by atoms with E-state index >= 15 is 0 Å². The number of carbonyl (C=O) groups is 1. The highest BCUT2D eigenvalue weighted by Gasteiger charge is 2.06. The van der Waals surface area contributed by atoms with E-state index in [1.54, 1.807) is 19.3 Å². The predicted molar refractivity (Wildman–Crippen MR) is 62.3 cm³/mol. The average Bonchev–Trinajstić information content (AvgIpc) is 2.80. The van der Waals surface area contributed by atoms with Crippen molar-refractivity contribution in [2.75, 3.05) is 6.61 Å². The van der Waals surface area contributed by atoms with E-state index < -0.39 is 0 Å². The summed E-state index contributed by atoms with van der Waals surface area (Å²) >= 11 is 0. The smallest absolute Gasteiger partial charge is 0.417 e. The first-order valence-electron chi connectivity index (χ1n) is 5.22. The molecule has 16 heavy (non-hydrogen) atoms.